The van der Waals surface area contributed by atoms with Crippen LogP contribution in [0.15, 0.2) is 43.1 Å². The van der Waals surface area contributed by atoms with Gasteiger partial charge in [0.05, 0.1) is 36.0 Å². The summed E-state index contributed by atoms with van der Waals surface area (Å²) in [5.41, 5.74) is 16.8. The maximum absolute atomic E-state index is 14.4. The first-order valence-electron chi connectivity index (χ1n) is 12.1. The number of fused-ring (bicyclic) bond motifs is 1. The van der Waals surface area contributed by atoms with Crippen molar-refractivity contribution in [2.45, 2.75) is 37.9 Å². The number of halogens is 1. The number of methoxy groups -OCH3 is 1. The summed E-state index contributed by atoms with van der Waals surface area (Å²) in [6.45, 7) is 1.86. The van der Waals surface area contributed by atoms with Crippen LogP contribution in [0.5, 0.6) is 0 Å². The molecule has 11 heteroatoms. The Bertz CT molecular complexity index is 1460. The summed E-state index contributed by atoms with van der Waals surface area (Å²) in [5.74, 6) is -0.268. The third kappa shape index (κ3) is 4.81. The van der Waals surface area contributed by atoms with E-state index in [0.29, 0.717) is 41.4 Å². The first-order valence-corrected chi connectivity index (χ1v) is 12.1. The molecule has 0 aliphatic carbocycles. The van der Waals surface area contributed by atoms with Gasteiger partial charge in [-0.3, -0.25) is 4.98 Å². The number of rotatable bonds is 7. The fourth-order valence-corrected chi connectivity index (χ4v) is 4.99. The summed E-state index contributed by atoms with van der Waals surface area (Å²) in [4.78, 5) is 19.8. The third-order valence-electron chi connectivity index (χ3n) is 6.88. The predicted octanol–water partition coefficient (Wildman–Crippen LogP) is 2.86. The SMILES string of the molecule is COCC[C@@H]1[C@H](N)CCCN1c1cnc(-c2ccc(C#N)c(F)c2)cc1Cn1cnc2c(N)ncnc21. The second kappa shape index (κ2) is 10.5. The highest BCUT2D eigenvalue weighted by Gasteiger charge is 2.30. The second-order valence-electron chi connectivity index (χ2n) is 9.16. The topological polar surface area (TPSA) is 145 Å². The lowest BCUT2D eigenvalue weighted by molar-refractivity contribution is 0.178. The van der Waals surface area contributed by atoms with Crippen molar-refractivity contribution < 1.29 is 9.13 Å². The van der Waals surface area contributed by atoms with E-state index in [1.165, 1.54) is 18.5 Å². The third-order valence-corrected chi connectivity index (χ3v) is 6.88. The Morgan fingerprint density at radius 3 is 2.86 bits per heavy atom. The molecule has 1 aromatic carbocycles. The average molecular weight is 502 g/mol. The van der Waals surface area contributed by atoms with Gasteiger partial charge < -0.3 is 25.7 Å². The number of aromatic nitrogens is 5. The first kappa shape index (κ1) is 24.5. The van der Waals surface area contributed by atoms with Gasteiger partial charge in [0.15, 0.2) is 11.5 Å². The largest absolute Gasteiger partial charge is 0.385 e. The molecular formula is C26H28FN9O. The van der Waals surface area contributed by atoms with Gasteiger partial charge in [0.1, 0.15) is 23.7 Å². The molecule has 37 heavy (non-hydrogen) atoms. The molecule has 1 aliphatic rings. The van der Waals surface area contributed by atoms with E-state index in [-0.39, 0.29) is 17.6 Å². The average Bonchev–Trinajstić information content (AvgIpc) is 3.32. The van der Waals surface area contributed by atoms with Crippen molar-refractivity contribution in [2.75, 3.05) is 30.9 Å². The molecule has 0 unspecified atom stereocenters. The van der Waals surface area contributed by atoms with Crippen LogP contribution in [0.1, 0.15) is 30.4 Å². The highest BCUT2D eigenvalue weighted by molar-refractivity contribution is 5.81. The molecule has 0 radical (unpaired) electrons. The van der Waals surface area contributed by atoms with Gasteiger partial charge in [-0.1, -0.05) is 6.07 Å². The minimum absolute atomic E-state index is 0.00524. The molecule has 190 valence electrons. The molecule has 4 aromatic rings. The van der Waals surface area contributed by atoms with Crippen LogP contribution < -0.4 is 16.4 Å². The molecule has 0 amide bonds. The number of nitriles is 1. The van der Waals surface area contributed by atoms with Crippen LogP contribution >= 0.6 is 0 Å². The van der Waals surface area contributed by atoms with Gasteiger partial charge in [-0.25, -0.2) is 19.3 Å². The van der Waals surface area contributed by atoms with Crippen LogP contribution in [-0.2, 0) is 11.3 Å². The zero-order valence-electron chi connectivity index (χ0n) is 20.5. The maximum atomic E-state index is 14.4. The van der Waals surface area contributed by atoms with Gasteiger partial charge in [-0.05, 0) is 43.0 Å². The summed E-state index contributed by atoms with van der Waals surface area (Å²) >= 11 is 0. The number of ether oxygens (including phenoxy) is 1. The summed E-state index contributed by atoms with van der Waals surface area (Å²) in [5, 5.41) is 9.10. The number of piperidine rings is 1. The zero-order valence-corrected chi connectivity index (χ0v) is 20.5. The number of nitrogens with zero attached hydrogens (tertiary/aromatic N) is 7. The summed E-state index contributed by atoms with van der Waals surface area (Å²) in [7, 11) is 1.69. The smallest absolute Gasteiger partial charge is 0.165 e. The molecule has 2 atom stereocenters. The number of pyridine rings is 1. The summed E-state index contributed by atoms with van der Waals surface area (Å²) < 4.78 is 21.7. The highest BCUT2D eigenvalue weighted by atomic mass is 19.1. The Kier molecular flexibility index (Phi) is 6.94. The molecule has 5 rings (SSSR count). The number of hydrogen-bond acceptors (Lipinski definition) is 9. The Morgan fingerprint density at radius 2 is 2.08 bits per heavy atom. The molecular weight excluding hydrogens is 473 g/mol. The van der Waals surface area contributed by atoms with Crippen molar-refractivity contribution in [3.05, 3.63) is 60.1 Å². The molecule has 1 aliphatic heterocycles. The van der Waals surface area contributed by atoms with Crippen molar-refractivity contribution in [1.82, 2.24) is 24.5 Å². The van der Waals surface area contributed by atoms with E-state index in [4.69, 9.17) is 26.5 Å². The number of anilines is 2. The van der Waals surface area contributed by atoms with E-state index in [0.717, 1.165) is 37.1 Å². The van der Waals surface area contributed by atoms with Gasteiger partial charge in [-0.2, -0.15) is 5.26 Å². The normalized spacial score (nSPS) is 17.7. The molecule has 0 saturated carbocycles. The number of nitrogens with two attached hydrogens (primary N) is 2. The molecule has 3 aromatic heterocycles. The van der Waals surface area contributed by atoms with Crippen LogP contribution in [-0.4, -0.2) is 56.8 Å². The minimum atomic E-state index is -0.582. The zero-order chi connectivity index (χ0) is 25.9. The highest BCUT2D eigenvalue weighted by Crippen LogP contribution is 2.32. The lowest BCUT2D eigenvalue weighted by Crippen LogP contribution is -2.53. The molecule has 4 heterocycles. The fourth-order valence-electron chi connectivity index (χ4n) is 4.99. The Hall–Kier alpha value is -4.14. The number of nitrogen functional groups attached to an aromatic ring is 1. The number of benzene rings is 1. The van der Waals surface area contributed by atoms with E-state index in [9.17, 15) is 4.39 Å². The van der Waals surface area contributed by atoms with E-state index in [2.05, 4.69) is 19.9 Å². The fraction of sp³-hybridized carbons (Fsp3) is 0.346. The van der Waals surface area contributed by atoms with Crippen molar-refractivity contribution in [1.29, 1.82) is 5.26 Å². The van der Waals surface area contributed by atoms with Crippen molar-refractivity contribution in [3.63, 3.8) is 0 Å². The van der Waals surface area contributed by atoms with Crippen molar-refractivity contribution in [3.8, 4) is 17.3 Å². The van der Waals surface area contributed by atoms with Crippen LogP contribution in [0.2, 0.25) is 0 Å². The van der Waals surface area contributed by atoms with Gasteiger partial charge in [0.25, 0.3) is 0 Å². The lowest BCUT2D eigenvalue weighted by Gasteiger charge is -2.42. The van der Waals surface area contributed by atoms with E-state index >= 15 is 0 Å². The minimum Gasteiger partial charge on any atom is -0.385 e. The summed E-state index contributed by atoms with van der Waals surface area (Å²) in [6, 6.07) is 8.40. The standard InChI is InChI=1S/C26H28FN9O/c1-37-8-6-22-20(29)3-2-7-36(22)23-12-31-21(16-4-5-17(11-28)19(27)9-16)10-18(23)13-35-15-34-24-25(30)32-14-33-26(24)35/h4-5,9-10,12,14-15,20,22H,2-3,6-8,13,29H2,1H3,(H2,30,32,33)/t20-,22-/m1/s1. The summed E-state index contributed by atoms with van der Waals surface area (Å²) in [6.07, 6.45) is 7.62. The van der Waals surface area contributed by atoms with Gasteiger partial charge >= 0.3 is 0 Å². The Balaban J connectivity index is 1.60. The van der Waals surface area contributed by atoms with Crippen molar-refractivity contribution >= 4 is 22.7 Å². The molecule has 1 saturated heterocycles. The van der Waals surface area contributed by atoms with Crippen molar-refractivity contribution in [2.24, 2.45) is 5.73 Å². The van der Waals surface area contributed by atoms with Gasteiger partial charge in [0, 0.05) is 37.9 Å². The molecule has 1 fully saturated rings. The molecule has 0 spiro atoms. The Labute approximate surface area is 213 Å². The monoisotopic (exact) mass is 501 g/mol. The predicted molar refractivity (Wildman–Crippen MR) is 138 cm³/mol. The lowest BCUT2D eigenvalue weighted by atomic mass is 9.93. The van der Waals surface area contributed by atoms with Crippen LogP contribution in [0, 0.1) is 17.1 Å². The van der Waals surface area contributed by atoms with Gasteiger partial charge in [-0.15, -0.1) is 0 Å². The van der Waals surface area contributed by atoms with Crippen LogP contribution in [0.25, 0.3) is 22.4 Å². The van der Waals surface area contributed by atoms with Gasteiger partial charge in [0.2, 0.25) is 0 Å². The number of hydrogen-bond donors (Lipinski definition) is 2. The van der Waals surface area contributed by atoms with E-state index < -0.39 is 5.82 Å². The van der Waals surface area contributed by atoms with Crippen LogP contribution in [0.4, 0.5) is 15.9 Å². The quantitative estimate of drug-likeness (QED) is 0.390. The van der Waals surface area contributed by atoms with Crippen LogP contribution in [0.3, 0.4) is 0 Å². The van der Waals surface area contributed by atoms with E-state index in [1.807, 2.05) is 22.9 Å². The maximum Gasteiger partial charge on any atom is 0.165 e. The molecule has 0 bridgehead atoms. The molecule has 4 N–H and O–H groups in total. The molecule has 10 nitrogen and oxygen atoms in total. The Morgan fingerprint density at radius 1 is 1.22 bits per heavy atom. The second-order valence-corrected chi connectivity index (χ2v) is 9.16. The first-order chi connectivity index (χ1) is 18.0. The number of imidazole rings is 1. The van der Waals surface area contributed by atoms with E-state index in [1.54, 1.807) is 19.5 Å².